The van der Waals surface area contributed by atoms with Crippen molar-refractivity contribution >= 4 is 34.0 Å². The number of rotatable bonds is 2. The first kappa shape index (κ1) is 11.7. The minimum Gasteiger partial charge on any atom is -0.507 e. The molecule has 3 nitrogen and oxygen atoms in total. The Morgan fingerprint density at radius 2 is 1.88 bits per heavy atom. The van der Waals surface area contributed by atoms with Crippen LogP contribution in [-0.2, 0) is 4.79 Å². The molecule has 1 atom stereocenters. The van der Waals surface area contributed by atoms with Crippen LogP contribution in [0.25, 0.3) is 10.8 Å². The molecule has 2 rings (SSSR count). The van der Waals surface area contributed by atoms with E-state index in [1.807, 2.05) is 6.07 Å². The predicted molar refractivity (Wildman–Crippen MR) is 69.6 cm³/mol. The van der Waals surface area contributed by atoms with Crippen molar-refractivity contribution in [1.82, 2.24) is 0 Å². The molecular formula is C13H12ClNO2. The molecule has 2 aromatic carbocycles. The smallest absolute Gasteiger partial charge is 0.242 e. The van der Waals surface area contributed by atoms with Crippen LogP contribution >= 0.6 is 11.6 Å². The zero-order valence-corrected chi connectivity index (χ0v) is 10.0. The first-order valence-corrected chi connectivity index (χ1v) is 5.69. The minimum absolute atomic E-state index is 0.192. The number of anilines is 1. The molecule has 0 aliphatic carbocycles. The fourth-order valence-electron chi connectivity index (χ4n) is 1.63. The number of benzene rings is 2. The van der Waals surface area contributed by atoms with Crippen LogP contribution in [0.5, 0.6) is 5.75 Å². The summed E-state index contributed by atoms with van der Waals surface area (Å²) in [7, 11) is 0. The molecule has 0 aliphatic heterocycles. The van der Waals surface area contributed by atoms with Gasteiger partial charge in [-0.2, -0.15) is 0 Å². The third-order valence-corrected chi connectivity index (χ3v) is 2.72. The van der Waals surface area contributed by atoms with Gasteiger partial charge < -0.3 is 10.4 Å². The van der Waals surface area contributed by atoms with Crippen molar-refractivity contribution in [2.24, 2.45) is 0 Å². The summed E-state index contributed by atoms with van der Waals surface area (Å²) in [6.45, 7) is 1.61. The third kappa shape index (κ3) is 2.34. The monoisotopic (exact) mass is 249 g/mol. The SMILES string of the molecule is CC(Cl)C(=O)Nc1cccc2c(O)cccc12. The first-order valence-electron chi connectivity index (χ1n) is 5.25. The summed E-state index contributed by atoms with van der Waals surface area (Å²) in [5.74, 6) is -0.0694. The lowest BCUT2D eigenvalue weighted by atomic mass is 10.1. The number of phenolic OH excluding ortho intramolecular Hbond substituents is 1. The molecule has 1 amide bonds. The van der Waals surface area contributed by atoms with Gasteiger partial charge in [0, 0.05) is 16.5 Å². The van der Waals surface area contributed by atoms with Gasteiger partial charge >= 0.3 is 0 Å². The van der Waals surface area contributed by atoms with Gasteiger partial charge in [-0.1, -0.05) is 24.3 Å². The van der Waals surface area contributed by atoms with E-state index in [1.54, 1.807) is 37.3 Å². The molecule has 0 saturated carbocycles. The molecule has 0 aromatic heterocycles. The van der Waals surface area contributed by atoms with E-state index in [-0.39, 0.29) is 11.7 Å². The Balaban J connectivity index is 2.48. The Kier molecular flexibility index (Phi) is 3.20. The van der Waals surface area contributed by atoms with E-state index in [0.717, 1.165) is 5.39 Å². The molecule has 0 fully saturated rings. The summed E-state index contributed by atoms with van der Waals surface area (Å²) < 4.78 is 0. The van der Waals surface area contributed by atoms with E-state index < -0.39 is 5.38 Å². The van der Waals surface area contributed by atoms with Gasteiger partial charge in [-0.25, -0.2) is 0 Å². The van der Waals surface area contributed by atoms with Gasteiger partial charge in [0.2, 0.25) is 5.91 Å². The van der Waals surface area contributed by atoms with Gasteiger partial charge in [-0.05, 0) is 19.1 Å². The molecule has 0 spiro atoms. The van der Waals surface area contributed by atoms with E-state index in [4.69, 9.17) is 11.6 Å². The highest BCUT2D eigenvalue weighted by Crippen LogP contribution is 2.29. The van der Waals surface area contributed by atoms with Gasteiger partial charge in [-0.3, -0.25) is 4.79 Å². The van der Waals surface area contributed by atoms with Crippen molar-refractivity contribution in [1.29, 1.82) is 0 Å². The number of nitrogens with one attached hydrogen (secondary N) is 1. The molecule has 0 radical (unpaired) electrons. The van der Waals surface area contributed by atoms with Crippen LogP contribution in [0.15, 0.2) is 36.4 Å². The number of carbonyl (C=O) groups excluding carboxylic acids is 1. The second-order valence-electron chi connectivity index (χ2n) is 3.78. The van der Waals surface area contributed by atoms with Crippen molar-refractivity contribution in [2.45, 2.75) is 12.3 Å². The van der Waals surface area contributed by atoms with Crippen molar-refractivity contribution in [2.75, 3.05) is 5.32 Å². The molecule has 0 heterocycles. The normalized spacial score (nSPS) is 12.4. The van der Waals surface area contributed by atoms with Crippen LogP contribution in [0.3, 0.4) is 0 Å². The minimum atomic E-state index is -0.595. The standard InChI is InChI=1S/C13H12ClNO2/c1-8(14)13(17)15-11-6-2-5-10-9(11)4-3-7-12(10)16/h2-8,16H,1H3,(H,15,17). The van der Waals surface area contributed by atoms with Crippen molar-refractivity contribution in [3.05, 3.63) is 36.4 Å². The van der Waals surface area contributed by atoms with Gasteiger partial charge in [0.05, 0.1) is 0 Å². The maximum atomic E-state index is 11.5. The third-order valence-electron chi connectivity index (χ3n) is 2.52. The topological polar surface area (TPSA) is 49.3 Å². The second-order valence-corrected chi connectivity index (χ2v) is 4.44. The highest BCUT2D eigenvalue weighted by Gasteiger charge is 2.11. The molecule has 88 valence electrons. The van der Waals surface area contributed by atoms with E-state index in [0.29, 0.717) is 11.1 Å². The fraction of sp³-hybridized carbons (Fsp3) is 0.154. The summed E-state index contributed by atoms with van der Waals surface area (Å²) in [4.78, 5) is 11.5. The summed E-state index contributed by atoms with van der Waals surface area (Å²) in [6.07, 6.45) is 0. The van der Waals surface area contributed by atoms with Gasteiger partial charge in [0.25, 0.3) is 0 Å². The lowest BCUT2D eigenvalue weighted by Crippen LogP contribution is -2.20. The maximum absolute atomic E-state index is 11.5. The number of aromatic hydroxyl groups is 1. The van der Waals surface area contributed by atoms with Crippen LogP contribution in [0.4, 0.5) is 5.69 Å². The zero-order chi connectivity index (χ0) is 12.4. The van der Waals surface area contributed by atoms with Gasteiger partial charge in [0.15, 0.2) is 0 Å². The molecule has 4 heteroatoms. The summed E-state index contributed by atoms with van der Waals surface area (Å²) >= 11 is 5.70. The first-order chi connectivity index (χ1) is 8.09. The molecular weight excluding hydrogens is 238 g/mol. The van der Waals surface area contributed by atoms with E-state index in [1.165, 1.54) is 0 Å². The zero-order valence-electron chi connectivity index (χ0n) is 9.27. The largest absolute Gasteiger partial charge is 0.507 e. The predicted octanol–water partition coefficient (Wildman–Crippen LogP) is 3.11. The van der Waals surface area contributed by atoms with Crippen molar-refractivity contribution in [3.63, 3.8) is 0 Å². The van der Waals surface area contributed by atoms with Crippen LogP contribution in [0, 0.1) is 0 Å². The lowest BCUT2D eigenvalue weighted by Gasteiger charge is -2.10. The quantitative estimate of drug-likeness (QED) is 0.804. The summed E-state index contributed by atoms with van der Waals surface area (Å²) in [5.41, 5.74) is 0.649. The van der Waals surface area contributed by atoms with Crippen LogP contribution < -0.4 is 5.32 Å². The Bertz CT molecular complexity index is 566. The highest BCUT2D eigenvalue weighted by atomic mass is 35.5. The highest BCUT2D eigenvalue weighted by molar-refractivity contribution is 6.32. The van der Waals surface area contributed by atoms with E-state index in [9.17, 15) is 9.90 Å². The Hall–Kier alpha value is -1.74. The molecule has 17 heavy (non-hydrogen) atoms. The number of phenols is 1. The van der Waals surface area contributed by atoms with Gasteiger partial charge in [-0.15, -0.1) is 11.6 Å². The van der Waals surface area contributed by atoms with Crippen LogP contribution in [0.1, 0.15) is 6.92 Å². The Morgan fingerprint density at radius 1 is 1.24 bits per heavy atom. The fourth-order valence-corrected chi connectivity index (χ4v) is 1.69. The van der Waals surface area contributed by atoms with Crippen LogP contribution in [-0.4, -0.2) is 16.4 Å². The van der Waals surface area contributed by atoms with Crippen molar-refractivity contribution < 1.29 is 9.90 Å². The number of hydrogen-bond donors (Lipinski definition) is 2. The Labute approximate surface area is 104 Å². The number of fused-ring (bicyclic) bond motifs is 1. The number of hydrogen-bond acceptors (Lipinski definition) is 2. The Morgan fingerprint density at radius 3 is 2.59 bits per heavy atom. The number of alkyl halides is 1. The lowest BCUT2D eigenvalue weighted by molar-refractivity contribution is -0.115. The van der Waals surface area contributed by atoms with Gasteiger partial charge in [0.1, 0.15) is 11.1 Å². The second kappa shape index (κ2) is 4.63. The van der Waals surface area contributed by atoms with E-state index in [2.05, 4.69) is 5.32 Å². The number of halogens is 1. The average Bonchev–Trinajstić information content (AvgIpc) is 2.30. The maximum Gasteiger partial charge on any atom is 0.242 e. The molecule has 2 N–H and O–H groups in total. The number of amides is 1. The number of carbonyl (C=O) groups is 1. The summed E-state index contributed by atoms with van der Waals surface area (Å²) in [6, 6.07) is 10.5. The summed E-state index contributed by atoms with van der Waals surface area (Å²) in [5, 5.41) is 13.3. The molecule has 0 saturated heterocycles. The van der Waals surface area contributed by atoms with E-state index >= 15 is 0 Å². The molecule has 0 bridgehead atoms. The molecule has 0 aliphatic rings. The molecule has 1 unspecified atom stereocenters. The van der Waals surface area contributed by atoms with Crippen molar-refractivity contribution in [3.8, 4) is 5.75 Å². The van der Waals surface area contributed by atoms with Crippen LogP contribution in [0.2, 0.25) is 0 Å². The molecule has 2 aromatic rings. The average molecular weight is 250 g/mol.